The third-order valence-corrected chi connectivity index (χ3v) is 1.41. The van der Waals surface area contributed by atoms with Gasteiger partial charge in [0.2, 0.25) is 11.8 Å². The van der Waals surface area contributed by atoms with Gasteiger partial charge in [0.15, 0.2) is 0 Å². The lowest BCUT2D eigenvalue weighted by Gasteiger charge is -2.04. The molecule has 0 aliphatic carbocycles. The molecule has 0 aliphatic heterocycles. The van der Waals surface area contributed by atoms with Gasteiger partial charge in [-0.05, 0) is 0 Å². The van der Waals surface area contributed by atoms with Gasteiger partial charge >= 0.3 is 0 Å². The van der Waals surface area contributed by atoms with Gasteiger partial charge in [-0.2, -0.15) is 0 Å². The van der Waals surface area contributed by atoms with Gasteiger partial charge < -0.3 is 10.6 Å². The van der Waals surface area contributed by atoms with Crippen LogP contribution in [-0.4, -0.2) is 24.9 Å². The van der Waals surface area contributed by atoms with E-state index in [1.807, 2.05) is 0 Å². The summed E-state index contributed by atoms with van der Waals surface area (Å²) in [5.41, 5.74) is 0. The highest BCUT2D eigenvalue weighted by atomic mass is 16.2. The Morgan fingerprint density at radius 3 is 1.50 bits per heavy atom. The number of amides is 2. The number of nitrogens with one attached hydrogen (secondary N) is 2. The van der Waals surface area contributed by atoms with Crippen LogP contribution in [0.1, 0.15) is 26.7 Å². The summed E-state index contributed by atoms with van der Waals surface area (Å²) in [4.78, 5) is 21.4. The first-order valence-corrected chi connectivity index (χ1v) is 4.24. The fourth-order valence-electron chi connectivity index (χ4n) is 0.654. The third-order valence-electron chi connectivity index (χ3n) is 1.41. The summed E-state index contributed by atoms with van der Waals surface area (Å²) in [6, 6.07) is 0. The van der Waals surface area contributed by atoms with Crippen molar-refractivity contribution in [2.75, 3.05) is 13.1 Å². The molecule has 70 valence electrons. The van der Waals surface area contributed by atoms with Crippen molar-refractivity contribution in [2.45, 2.75) is 26.7 Å². The predicted octanol–water partition coefficient (Wildman–Crippen LogP) is 0.0388. The molecule has 0 rings (SSSR count). The molecule has 0 saturated heterocycles. The van der Waals surface area contributed by atoms with Crippen LogP contribution < -0.4 is 10.6 Å². The van der Waals surface area contributed by atoms with E-state index in [2.05, 4.69) is 10.6 Å². The van der Waals surface area contributed by atoms with Crippen molar-refractivity contribution in [3.05, 3.63) is 0 Å². The van der Waals surface area contributed by atoms with Crippen molar-refractivity contribution in [1.82, 2.24) is 10.6 Å². The number of carbonyl (C=O) groups excluding carboxylic acids is 2. The highest BCUT2D eigenvalue weighted by Gasteiger charge is 1.96. The molecule has 2 N–H and O–H groups in total. The average Bonchev–Trinajstić information content (AvgIpc) is 2.11. The number of hydrogen-bond donors (Lipinski definition) is 2. The minimum absolute atomic E-state index is 0.0146. The molecule has 0 atom stereocenters. The Bertz CT molecular complexity index is 139. The van der Waals surface area contributed by atoms with Crippen molar-refractivity contribution in [2.24, 2.45) is 0 Å². The zero-order valence-electron chi connectivity index (χ0n) is 7.64. The van der Waals surface area contributed by atoms with E-state index < -0.39 is 0 Å². The first-order chi connectivity index (χ1) is 5.70. The first-order valence-electron chi connectivity index (χ1n) is 4.24. The summed E-state index contributed by atoms with van der Waals surface area (Å²) in [5.74, 6) is 0.0292. The van der Waals surface area contributed by atoms with Gasteiger partial charge in [0.05, 0.1) is 0 Å². The fourth-order valence-corrected chi connectivity index (χ4v) is 0.654. The summed E-state index contributed by atoms with van der Waals surface area (Å²) < 4.78 is 0. The Kier molecular flexibility index (Phi) is 6.05. The quantitative estimate of drug-likeness (QED) is 0.575. The van der Waals surface area contributed by atoms with E-state index >= 15 is 0 Å². The molecule has 0 aliphatic rings. The number of hydrogen-bond acceptors (Lipinski definition) is 2. The van der Waals surface area contributed by atoms with E-state index in [9.17, 15) is 9.59 Å². The Hall–Kier alpha value is -1.06. The highest BCUT2D eigenvalue weighted by Crippen LogP contribution is 1.75. The van der Waals surface area contributed by atoms with Crippen molar-refractivity contribution in [1.29, 1.82) is 0 Å². The maximum atomic E-state index is 10.7. The molecule has 0 unspecified atom stereocenters. The lowest BCUT2D eigenvalue weighted by atomic mass is 10.4. The van der Waals surface area contributed by atoms with Crippen LogP contribution in [0.4, 0.5) is 0 Å². The maximum Gasteiger partial charge on any atom is 0.219 e. The van der Waals surface area contributed by atoms with E-state index in [1.165, 1.54) is 0 Å². The van der Waals surface area contributed by atoms with Gasteiger partial charge in [0.1, 0.15) is 0 Å². The molecule has 0 aromatic rings. The molecule has 0 radical (unpaired) electrons. The molecule has 0 aromatic heterocycles. The lowest BCUT2D eigenvalue weighted by Crippen LogP contribution is -2.33. The topological polar surface area (TPSA) is 58.2 Å². The van der Waals surface area contributed by atoms with Crippen molar-refractivity contribution >= 4 is 11.8 Å². The number of rotatable bonds is 5. The molecule has 0 fully saturated rings. The summed E-state index contributed by atoms with van der Waals surface area (Å²) in [5, 5.41) is 5.32. The summed E-state index contributed by atoms with van der Waals surface area (Å²) in [7, 11) is 0. The Labute approximate surface area is 72.7 Å². The Balaban J connectivity index is 3.21. The van der Waals surface area contributed by atoms with Crippen LogP contribution in [0.15, 0.2) is 0 Å². The van der Waals surface area contributed by atoms with Gasteiger partial charge in [-0.15, -0.1) is 0 Å². The fraction of sp³-hybridized carbons (Fsp3) is 0.750. The summed E-state index contributed by atoms with van der Waals surface area (Å²) in [6.45, 7) is 4.61. The normalized spacial score (nSPS) is 9.17. The van der Waals surface area contributed by atoms with E-state index in [-0.39, 0.29) is 11.8 Å². The SMILES string of the molecule is CCC(=O)NCCNC(=O)CC. The van der Waals surface area contributed by atoms with Crippen LogP contribution in [0, 0.1) is 0 Å². The highest BCUT2D eigenvalue weighted by molar-refractivity contribution is 5.76. The van der Waals surface area contributed by atoms with Crippen molar-refractivity contribution < 1.29 is 9.59 Å². The molecular formula is C8H16N2O2. The van der Waals surface area contributed by atoms with Crippen molar-refractivity contribution in [3.63, 3.8) is 0 Å². The molecule has 4 heteroatoms. The molecule has 0 spiro atoms. The largest absolute Gasteiger partial charge is 0.354 e. The van der Waals surface area contributed by atoms with Crippen LogP contribution in [0.2, 0.25) is 0 Å². The van der Waals surface area contributed by atoms with Crippen LogP contribution in [0.25, 0.3) is 0 Å². The zero-order chi connectivity index (χ0) is 9.40. The molecule has 0 heterocycles. The standard InChI is InChI=1S/C8H16N2O2/c1-3-7(11)9-5-6-10-8(12)4-2/h3-6H2,1-2H3,(H,9,11)(H,10,12). The van der Waals surface area contributed by atoms with Gasteiger partial charge in [0.25, 0.3) is 0 Å². The van der Waals surface area contributed by atoms with Gasteiger partial charge in [0, 0.05) is 25.9 Å². The van der Waals surface area contributed by atoms with E-state index in [0.717, 1.165) is 0 Å². The van der Waals surface area contributed by atoms with Gasteiger partial charge in [-0.25, -0.2) is 0 Å². The molecular weight excluding hydrogens is 156 g/mol. The van der Waals surface area contributed by atoms with E-state index in [4.69, 9.17) is 0 Å². The first kappa shape index (κ1) is 10.9. The Morgan fingerprint density at radius 2 is 1.25 bits per heavy atom. The van der Waals surface area contributed by atoms with Crippen LogP contribution in [0.5, 0.6) is 0 Å². The second-order valence-corrected chi connectivity index (χ2v) is 2.41. The average molecular weight is 172 g/mol. The Morgan fingerprint density at radius 1 is 0.917 bits per heavy atom. The summed E-state index contributed by atoms with van der Waals surface area (Å²) in [6.07, 6.45) is 0.976. The predicted molar refractivity (Wildman–Crippen MR) is 46.6 cm³/mol. The van der Waals surface area contributed by atoms with Crippen LogP contribution in [0.3, 0.4) is 0 Å². The maximum absolute atomic E-state index is 10.7. The molecule has 4 nitrogen and oxygen atoms in total. The smallest absolute Gasteiger partial charge is 0.219 e. The zero-order valence-corrected chi connectivity index (χ0v) is 7.64. The summed E-state index contributed by atoms with van der Waals surface area (Å²) >= 11 is 0. The van der Waals surface area contributed by atoms with Gasteiger partial charge in [-0.3, -0.25) is 9.59 Å². The monoisotopic (exact) mass is 172 g/mol. The van der Waals surface area contributed by atoms with E-state index in [0.29, 0.717) is 25.9 Å². The van der Waals surface area contributed by atoms with Crippen LogP contribution >= 0.6 is 0 Å². The van der Waals surface area contributed by atoms with E-state index in [1.54, 1.807) is 13.8 Å². The lowest BCUT2D eigenvalue weighted by molar-refractivity contribution is -0.122. The minimum Gasteiger partial charge on any atom is -0.354 e. The molecule has 0 saturated carbocycles. The second kappa shape index (κ2) is 6.64. The molecule has 0 aromatic carbocycles. The van der Waals surface area contributed by atoms with Gasteiger partial charge in [-0.1, -0.05) is 13.8 Å². The third kappa shape index (κ3) is 5.70. The molecule has 2 amide bonds. The minimum atomic E-state index is 0.0146. The molecule has 12 heavy (non-hydrogen) atoms. The second-order valence-electron chi connectivity index (χ2n) is 2.41. The molecule has 0 bridgehead atoms. The number of carbonyl (C=O) groups is 2. The van der Waals surface area contributed by atoms with Crippen LogP contribution in [-0.2, 0) is 9.59 Å². The van der Waals surface area contributed by atoms with Crippen molar-refractivity contribution in [3.8, 4) is 0 Å².